The van der Waals surface area contributed by atoms with Crippen molar-refractivity contribution in [3.63, 3.8) is 0 Å². The number of hydrogen-bond donors (Lipinski definition) is 1. The Balaban J connectivity index is 1.66. The van der Waals surface area contributed by atoms with Crippen LogP contribution < -0.4 is 0 Å². The number of furan rings is 1. The molecule has 3 heterocycles. The van der Waals surface area contributed by atoms with E-state index in [2.05, 4.69) is 16.9 Å². The molecular formula is C18H23N3O3. The Morgan fingerprint density at radius 1 is 1.46 bits per heavy atom. The lowest BCUT2D eigenvalue weighted by Gasteiger charge is -2.39. The van der Waals surface area contributed by atoms with Gasteiger partial charge in [0, 0.05) is 25.8 Å². The van der Waals surface area contributed by atoms with Crippen LogP contribution in [0.2, 0.25) is 0 Å². The van der Waals surface area contributed by atoms with E-state index in [0.717, 1.165) is 31.0 Å². The summed E-state index contributed by atoms with van der Waals surface area (Å²) in [6, 6.07) is 3.79. The molecule has 0 unspecified atom stereocenters. The Labute approximate surface area is 141 Å². The van der Waals surface area contributed by atoms with E-state index >= 15 is 0 Å². The number of carboxylic acid groups (broad SMARTS) is 1. The molecule has 0 aromatic carbocycles. The zero-order valence-electron chi connectivity index (χ0n) is 14.1. The van der Waals surface area contributed by atoms with Crippen molar-refractivity contribution in [2.45, 2.75) is 32.2 Å². The molecule has 0 spiro atoms. The molecule has 1 aliphatic heterocycles. The van der Waals surface area contributed by atoms with Gasteiger partial charge in [-0.15, -0.1) is 0 Å². The Hall–Kier alpha value is -2.34. The highest BCUT2D eigenvalue weighted by atomic mass is 16.4. The van der Waals surface area contributed by atoms with Crippen molar-refractivity contribution in [1.29, 1.82) is 0 Å². The number of aryl methyl sites for hydroxylation is 1. The molecule has 24 heavy (non-hydrogen) atoms. The molecule has 0 saturated carbocycles. The maximum absolute atomic E-state index is 11.9. The monoisotopic (exact) mass is 329 g/mol. The van der Waals surface area contributed by atoms with E-state index in [0.29, 0.717) is 12.8 Å². The summed E-state index contributed by atoms with van der Waals surface area (Å²) in [5.74, 6) is 0.0458. The van der Waals surface area contributed by atoms with Crippen molar-refractivity contribution >= 4 is 12.0 Å². The first-order valence-electron chi connectivity index (χ1n) is 8.18. The van der Waals surface area contributed by atoms with Gasteiger partial charge in [-0.3, -0.25) is 9.58 Å². The van der Waals surface area contributed by atoms with Crippen LogP contribution in [0.1, 0.15) is 31.1 Å². The number of likely N-dealkylation sites (tertiary alicyclic amines) is 1. The van der Waals surface area contributed by atoms with Gasteiger partial charge in [-0.25, -0.2) is 4.79 Å². The standard InChI is InChI=1S/C18H23N3O3/c1-14(10-16-4-3-9-24-16)12-20-7-5-18(6-8-20,17(22)23)21-13-15(2)11-19-21/h3-4,9-11,13H,5-8,12H2,1-2H3,(H,22,23)/b14-10+. The second kappa shape index (κ2) is 6.65. The van der Waals surface area contributed by atoms with Crippen LogP contribution in [-0.4, -0.2) is 45.4 Å². The first kappa shape index (κ1) is 16.5. The van der Waals surface area contributed by atoms with Crippen molar-refractivity contribution in [3.8, 4) is 0 Å². The summed E-state index contributed by atoms with van der Waals surface area (Å²) < 4.78 is 6.97. The summed E-state index contributed by atoms with van der Waals surface area (Å²) in [6.45, 7) is 6.27. The third kappa shape index (κ3) is 3.28. The minimum atomic E-state index is -0.927. The lowest BCUT2D eigenvalue weighted by atomic mass is 9.87. The number of piperidine rings is 1. The lowest BCUT2D eigenvalue weighted by molar-refractivity contribution is -0.151. The predicted molar refractivity (Wildman–Crippen MR) is 90.6 cm³/mol. The van der Waals surface area contributed by atoms with E-state index in [1.807, 2.05) is 31.3 Å². The SMILES string of the molecule is C/C(=C\c1ccco1)CN1CCC(C(=O)O)(n2cc(C)cn2)CC1. The van der Waals surface area contributed by atoms with Crippen molar-refractivity contribution in [1.82, 2.24) is 14.7 Å². The summed E-state index contributed by atoms with van der Waals surface area (Å²) in [5.41, 5.74) is 1.25. The van der Waals surface area contributed by atoms with Gasteiger partial charge in [0.05, 0.1) is 12.5 Å². The highest BCUT2D eigenvalue weighted by Crippen LogP contribution is 2.30. The number of aromatic nitrogens is 2. The lowest BCUT2D eigenvalue weighted by Crippen LogP contribution is -2.51. The van der Waals surface area contributed by atoms with E-state index in [1.54, 1.807) is 17.1 Å². The molecule has 1 saturated heterocycles. The van der Waals surface area contributed by atoms with Crippen LogP contribution in [0.15, 0.2) is 40.8 Å². The van der Waals surface area contributed by atoms with Crippen molar-refractivity contribution in [3.05, 3.63) is 47.7 Å². The second-order valence-electron chi connectivity index (χ2n) is 6.58. The summed E-state index contributed by atoms with van der Waals surface area (Å²) in [5, 5.41) is 14.0. The fraction of sp³-hybridized carbons (Fsp3) is 0.444. The van der Waals surface area contributed by atoms with Crippen LogP contribution in [-0.2, 0) is 10.3 Å². The highest BCUT2D eigenvalue weighted by Gasteiger charge is 2.44. The molecule has 6 heteroatoms. The van der Waals surface area contributed by atoms with E-state index < -0.39 is 11.5 Å². The Morgan fingerprint density at radius 3 is 2.75 bits per heavy atom. The first-order valence-corrected chi connectivity index (χ1v) is 8.18. The fourth-order valence-corrected chi connectivity index (χ4v) is 3.28. The molecule has 128 valence electrons. The average Bonchev–Trinajstić information content (AvgIpc) is 3.20. The molecular weight excluding hydrogens is 306 g/mol. The minimum absolute atomic E-state index is 0.553. The number of nitrogens with zero attached hydrogens (tertiary/aromatic N) is 3. The van der Waals surface area contributed by atoms with Crippen LogP contribution in [0.4, 0.5) is 0 Å². The molecule has 1 N–H and O–H groups in total. The summed E-state index contributed by atoms with van der Waals surface area (Å²) >= 11 is 0. The van der Waals surface area contributed by atoms with Gasteiger partial charge >= 0.3 is 5.97 Å². The predicted octanol–water partition coefficient (Wildman–Crippen LogP) is 2.76. The molecule has 0 atom stereocenters. The Kier molecular flexibility index (Phi) is 4.57. The van der Waals surface area contributed by atoms with Gasteiger partial charge in [-0.1, -0.05) is 5.57 Å². The molecule has 2 aromatic rings. The number of rotatable bonds is 5. The average molecular weight is 329 g/mol. The van der Waals surface area contributed by atoms with E-state index in [1.165, 1.54) is 5.57 Å². The molecule has 0 bridgehead atoms. The summed E-state index contributed by atoms with van der Waals surface area (Å²) in [4.78, 5) is 14.2. The second-order valence-corrected chi connectivity index (χ2v) is 6.58. The molecule has 0 radical (unpaired) electrons. The molecule has 1 fully saturated rings. The van der Waals surface area contributed by atoms with Crippen molar-refractivity contribution in [2.75, 3.05) is 19.6 Å². The Bertz CT molecular complexity index is 723. The van der Waals surface area contributed by atoms with Crippen LogP contribution in [0.3, 0.4) is 0 Å². The third-order valence-electron chi connectivity index (χ3n) is 4.64. The molecule has 3 rings (SSSR count). The van der Waals surface area contributed by atoms with Gasteiger partial charge < -0.3 is 9.52 Å². The summed E-state index contributed by atoms with van der Waals surface area (Å²) in [6.07, 6.45) is 8.33. The number of carbonyl (C=O) groups is 1. The first-order chi connectivity index (χ1) is 11.5. The quantitative estimate of drug-likeness (QED) is 0.913. The molecule has 0 aliphatic carbocycles. The van der Waals surface area contributed by atoms with Gasteiger partial charge in [-0.2, -0.15) is 5.10 Å². The van der Waals surface area contributed by atoms with Crippen molar-refractivity contribution in [2.24, 2.45) is 0 Å². The van der Waals surface area contributed by atoms with Gasteiger partial charge in [0.25, 0.3) is 0 Å². The summed E-state index contributed by atoms with van der Waals surface area (Å²) in [7, 11) is 0. The zero-order valence-corrected chi connectivity index (χ0v) is 14.1. The van der Waals surface area contributed by atoms with Crippen LogP contribution in [0.25, 0.3) is 6.08 Å². The van der Waals surface area contributed by atoms with E-state index in [4.69, 9.17) is 4.42 Å². The van der Waals surface area contributed by atoms with Gasteiger partial charge in [0.1, 0.15) is 5.76 Å². The Morgan fingerprint density at radius 2 is 2.21 bits per heavy atom. The minimum Gasteiger partial charge on any atom is -0.479 e. The van der Waals surface area contributed by atoms with Gasteiger partial charge in [0.2, 0.25) is 0 Å². The van der Waals surface area contributed by atoms with Crippen molar-refractivity contribution < 1.29 is 14.3 Å². The topological polar surface area (TPSA) is 71.5 Å². The van der Waals surface area contributed by atoms with E-state index in [9.17, 15) is 9.90 Å². The highest BCUT2D eigenvalue weighted by molar-refractivity contribution is 5.76. The smallest absolute Gasteiger partial charge is 0.331 e. The third-order valence-corrected chi connectivity index (χ3v) is 4.64. The number of hydrogen-bond acceptors (Lipinski definition) is 4. The fourth-order valence-electron chi connectivity index (χ4n) is 3.28. The van der Waals surface area contributed by atoms with Crippen LogP contribution in [0, 0.1) is 6.92 Å². The largest absolute Gasteiger partial charge is 0.479 e. The maximum Gasteiger partial charge on any atom is 0.331 e. The molecule has 1 aliphatic rings. The number of aliphatic carboxylic acids is 1. The normalized spacial score (nSPS) is 18.7. The molecule has 2 aromatic heterocycles. The zero-order chi connectivity index (χ0) is 17.2. The van der Waals surface area contributed by atoms with E-state index in [-0.39, 0.29) is 0 Å². The molecule has 0 amide bonds. The van der Waals surface area contributed by atoms with Crippen LogP contribution in [0.5, 0.6) is 0 Å². The van der Waals surface area contributed by atoms with Gasteiger partial charge in [0.15, 0.2) is 5.54 Å². The van der Waals surface area contributed by atoms with Crippen LogP contribution >= 0.6 is 0 Å². The maximum atomic E-state index is 11.9. The number of carboxylic acids is 1. The van der Waals surface area contributed by atoms with Gasteiger partial charge in [-0.05, 0) is 50.5 Å². The molecule has 6 nitrogen and oxygen atoms in total.